The molecule has 3 heterocycles. The molecule has 0 radical (unpaired) electrons. The molecule has 2 aliphatic rings. The van der Waals surface area contributed by atoms with Gasteiger partial charge in [0.2, 0.25) is 0 Å². The second kappa shape index (κ2) is 6.05. The lowest BCUT2D eigenvalue weighted by molar-refractivity contribution is 0.0639. The predicted octanol–water partition coefficient (Wildman–Crippen LogP) is 1.94. The Kier molecular flexibility index (Phi) is 4.14. The number of likely N-dealkylation sites (tertiary alicyclic amines) is 1. The van der Waals surface area contributed by atoms with E-state index in [2.05, 4.69) is 12.2 Å². The molecule has 5 nitrogen and oxygen atoms in total. The third-order valence-corrected chi connectivity index (χ3v) is 5.45. The Morgan fingerprint density at radius 1 is 1.43 bits per heavy atom. The number of hydrogen-bond donors (Lipinski definition) is 1. The van der Waals surface area contributed by atoms with E-state index >= 15 is 0 Å². The maximum absolute atomic E-state index is 12.6. The zero-order valence-corrected chi connectivity index (χ0v) is 13.1. The Balaban J connectivity index is 1.67. The summed E-state index contributed by atoms with van der Waals surface area (Å²) < 4.78 is 0. The van der Waals surface area contributed by atoms with Gasteiger partial charge in [-0.3, -0.25) is 4.79 Å². The standard InChI is InChI=1S/C15H21N3O2S/c1-2-12-5-6-13(21-12)14(19)17-8-3-4-11(10-17)18-9-7-16-15(18)20/h5-6,11H,2-4,7-10H2,1H3,(H,16,20). The van der Waals surface area contributed by atoms with Crippen LogP contribution in [0.3, 0.4) is 0 Å². The molecular formula is C15H21N3O2S. The van der Waals surface area contributed by atoms with E-state index in [9.17, 15) is 9.59 Å². The molecule has 0 aliphatic carbocycles. The number of nitrogens with one attached hydrogen (secondary N) is 1. The molecule has 1 aromatic rings. The summed E-state index contributed by atoms with van der Waals surface area (Å²) in [6.45, 7) is 5.03. The zero-order valence-electron chi connectivity index (χ0n) is 12.3. The van der Waals surface area contributed by atoms with Crippen molar-refractivity contribution in [2.75, 3.05) is 26.2 Å². The number of carbonyl (C=O) groups is 2. The normalized spacial score (nSPS) is 22.5. The molecule has 21 heavy (non-hydrogen) atoms. The lowest BCUT2D eigenvalue weighted by Gasteiger charge is -2.36. The van der Waals surface area contributed by atoms with Crippen LogP contribution in [0.25, 0.3) is 0 Å². The highest BCUT2D eigenvalue weighted by Gasteiger charge is 2.33. The van der Waals surface area contributed by atoms with Gasteiger partial charge in [0.15, 0.2) is 0 Å². The van der Waals surface area contributed by atoms with Crippen LogP contribution in [0.4, 0.5) is 4.79 Å². The molecule has 2 aliphatic heterocycles. The van der Waals surface area contributed by atoms with Crippen molar-refractivity contribution in [1.82, 2.24) is 15.1 Å². The van der Waals surface area contributed by atoms with E-state index in [0.29, 0.717) is 13.1 Å². The molecule has 2 fully saturated rings. The van der Waals surface area contributed by atoms with Gasteiger partial charge in [0.05, 0.1) is 10.9 Å². The average Bonchev–Trinajstić information content (AvgIpc) is 3.15. The summed E-state index contributed by atoms with van der Waals surface area (Å²) in [5, 5.41) is 2.84. The molecule has 1 unspecified atom stereocenters. The van der Waals surface area contributed by atoms with Crippen LogP contribution < -0.4 is 5.32 Å². The molecule has 0 saturated carbocycles. The van der Waals surface area contributed by atoms with Gasteiger partial charge in [0.1, 0.15) is 0 Å². The molecule has 1 N–H and O–H groups in total. The predicted molar refractivity (Wildman–Crippen MR) is 82.7 cm³/mol. The lowest BCUT2D eigenvalue weighted by atomic mass is 10.0. The van der Waals surface area contributed by atoms with Gasteiger partial charge < -0.3 is 15.1 Å². The van der Waals surface area contributed by atoms with Crippen LogP contribution in [0, 0.1) is 0 Å². The average molecular weight is 307 g/mol. The molecule has 1 aromatic heterocycles. The Labute approximate surface area is 128 Å². The van der Waals surface area contributed by atoms with E-state index in [0.717, 1.165) is 37.2 Å². The van der Waals surface area contributed by atoms with Crippen LogP contribution in [0.5, 0.6) is 0 Å². The van der Waals surface area contributed by atoms with Crippen LogP contribution in [-0.4, -0.2) is 54.0 Å². The van der Waals surface area contributed by atoms with Crippen LogP contribution >= 0.6 is 11.3 Å². The van der Waals surface area contributed by atoms with Crippen LogP contribution in [-0.2, 0) is 6.42 Å². The van der Waals surface area contributed by atoms with Crippen molar-refractivity contribution in [2.24, 2.45) is 0 Å². The minimum absolute atomic E-state index is 0.0127. The summed E-state index contributed by atoms with van der Waals surface area (Å²) >= 11 is 1.58. The number of amides is 3. The topological polar surface area (TPSA) is 52.7 Å². The number of aryl methyl sites for hydroxylation is 1. The summed E-state index contributed by atoms with van der Waals surface area (Å²) in [6.07, 6.45) is 2.92. The number of piperidine rings is 1. The number of thiophene rings is 1. The first-order valence-electron chi connectivity index (χ1n) is 7.61. The smallest absolute Gasteiger partial charge is 0.317 e. The van der Waals surface area contributed by atoms with Gasteiger partial charge in [-0.05, 0) is 31.4 Å². The van der Waals surface area contributed by atoms with Gasteiger partial charge in [-0.2, -0.15) is 0 Å². The summed E-state index contributed by atoms with van der Waals surface area (Å²) in [4.78, 5) is 30.2. The maximum atomic E-state index is 12.6. The molecule has 0 spiro atoms. The van der Waals surface area contributed by atoms with Crippen LogP contribution in [0.2, 0.25) is 0 Å². The van der Waals surface area contributed by atoms with Crippen molar-refractivity contribution >= 4 is 23.3 Å². The second-order valence-electron chi connectivity index (χ2n) is 5.59. The third kappa shape index (κ3) is 2.90. The van der Waals surface area contributed by atoms with Crippen molar-refractivity contribution in [3.8, 4) is 0 Å². The van der Waals surface area contributed by atoms with Gasteiger partial charge in [0.25, 0.3) is 5.91 Å². The monoisotopic (exact) mass is 307 g/mol. The van der Waals surface area contributed by atoms with Crippen molar-refractivity contribution in [2.45, 2.75) is 32.2 Å². The number of carbonyl (C=O) groups excluding carboxylic acids is 2. The number of urea groups is 1. The quantitative estimate of drug-likeness (QED) is 0.928. The second-order valence-corrected chi connectivity index (χ2v) is 6.76. The molecule has 1 atom stereocenters. The molecule has 3 amide bonds. The van der Waals surface area contributed by atoms with Crippen LogP contribution in [0.15, 0.2) is 12.1 Å². The lowest BCUT2D eigenvalue weighted by Crippen LogP contribution is -2.50. The Morgan fingerprint density at radius 3 is 2.95 bits per heavy atom. The van der Waals surface area contributed by atoms with E-state index in [-0.39, 0.29) is 18.0 Å². The molecule has 114 valence electrons. The minimum atomic E-state index is 0.0127. The van der Waals surface area contributed by atoms with Gasteiger partial charge in [-0.15, -0.1) is 11.3 Å². The first kappa shape index (κ1) is 14.4. The molecule has 2 saturated heterocycles. The van der Waals surface area contributed by atoms with Crippen molar-refractivity contribution in [1.29, 1.82) is 0 Å². The summed E-state index contributed by atoms with van der Waals surface area (Å²) in [6, 6.07) is 4.14. The number of nitrogens with zero attached hydrogens (tertiary/aromatic N) is 2. The Morgan fingerprint density at radius 2 is 2.29 bits per heavy atom. The van der Waals surface area contributed by atoms with E-state index < -0.39 is 0 Å². The van der Waals surface area contributed by atoms with E-state index in [4.69, 9.17) is 0 Å². The third-order valence-electron chi connectivity index (χ3n) is 4.24. The summed E-state index contributed by atoms with van der Waals surface area (Å²) in [7, 11) is 0. The number of rotatable bonds is 3. The van der Waals surface area contributed by atoms with Crippen molar-refractivity contribution < 1.29 is 9.59 Å². The van der Waals surface area contributed by atoms with Crippen molar-refractivity contribution in [3.05, 3.63) is 21.9 Å². The van der Waals surface area contributed by atoms with Gasteiger partial charge in [0, 0.05) is 31.1 Å². The first-order valence-corrected chi connectivity index (χ1v) is 8.43. The SMILES string of the molecule is CCc1ccc(C(=O)N2CCCC(N3CCNC3=O)C2)s1. The van der Waals surface area contributed by atoms with Gasteiger partial charge in [-0.1, -0.05) is 6.92 Å². The van der Waals surface area contributed by atoms with E-state index in [1.54, 1.807) is 11.3 Å². The largest absolute Gasteiger partial charge is 0.336 e. The number of hydrogen-bond acceptors (Lipinski definition) is 3. The molecule has 6 heteroatoms. The molecule has 0 aromatic carbocycles. The maximum Gasteiger partial charge on any atom is 0.317 e. The van der Waals surface area contributed by atoms with Crippen molar-refractivity contribution in [3.63, 3.8) is 0 Å². The Hall–Kier alpha value is -1.56. The fourth-order valence-corrected chi connectivity index (χ4v) is 3.98. The highest BCUT2D eigenvalue weighted by atomic mass is 32.1. The highest BCUT2D eigenvalue weighted by molar-refractivity contribution is 7.14. The highest BCUT2D eigenvalue weighted by Crippen LogP contribution is 2.23. The summed E-state index contributed by atoms with van der Waals surface area (Å²) in [5.41, 5.74) is 0. The fraction of sp³-hybridized carbons (Fsp3) is 0.600. The Bertz CT molecular complexity index is 543. The summed E-state index contributed by atoms with van der Waals surface area (Å²) in [5.74, 6) is 0.115. The molecular weight excluding hydrogens is 286 g/mol. The van der Waals surface area contributed by atoms with E-state index in [1.807, 2.05) is 21.9 Å². The molecule has 0 bridgehead atoms. The van der Waals surface area contributed by atoms with Gasteiger partial charge >= 0.3 is 6.03 Å². The van der Waals surface area contributed by atoms with Crippen LogP contribution in [0.1, 0.15) is 34.3 Å². The molecule has 3 rings (SSSR count). The van der Waals surface area contributed by atoms with E-state index in [1.165, 1.54) is 4.88 Å². The first-order chi connectivity index (χ1) is 10.2. The van der Waals surface area contributed by atoms with Gasteiger partial charge in [-0.25, -0.2) is 4.79 Å². The minimum Gasteiger partial charge on any atom is -0.336 e. The fourth-order valence-electron chi connectivity index (χ4n) is 3.07. The zero-order chi connectivity index (χ0) is 14.8.